The Bertz CT molecular complexity index is 742. The van der Waals surface area contributed by atoms with Crippen molar-refractivity contribution in [2.24, 2.45) is 11.3 Å². The van der Waals surface area contributed by atoms with Crippen molar-refractivity contribution in [3.05, 3.63) is 30.3 Å². The Kier molecular flexibility index (Phi) is 4.34. The van der Waals surface area contributed by atoms with Crippen LogP contribution in [-0.2, 0) is 4.74 Å². The standard InChI is InChI=1S/C17H20F3N5O/c18-17(19,20)14-6-9-24(12-16(14)7-10-26-11-8-16)15-21-22-23-25(15)13-4-2-1-3-5-13/h1-5,14H,6-12H2. The Morgan fingerprint density at radius 2 is 1.85 bits per heavy atom. The van der Waals surface area contributed by atoms with Gasteiger partial charge >= 0.3 is 6.18 Å². The number of para-hydroxylation sites is 1. The second-order valence-electron chi connectivity index (χ2n) is 7.01. The molecule has 1 atom stereocenters. The van der Waals surface area contributed by atoms with Crippen LogP contribution in [0.4, 0.5) is 19.1 Å². The summed E-state index contributed by atoms with van der Waals surface area (Å²) in [5, 5.41) is 11.9. The molecule has 1 aromatic heterocycles. The first-order chi connectivity index (χ1) is 12.5. The molecule has 0 amide bonds. The van der Waals surface area contributed by atoms with Crippen molar-refractivity contribution < 1.29 is 17.9 Å². The number of hydrogen-bond acceptors (Lipinski definition) is 5. The first-order valence-corrected chi connectivity index (χ1v) is 8.73. The normalized spacial score (nSPS) is 23.3. The fraction of sp³-hybridized carbons (Fsp3) is 0.588. The zero-order valence-corrected chi connectivity index (χ0v) is 14.2. The highest BCUT2D eigenvalue weighted by atomic mass is 19.4. The van der Waals surface area contributed by atoms with E-state index in [1.807, 2.05) is 35.2 Å². The molecule has 26 heavy (non-hydrogen) atoms. The van der Waals surface area contributed by atoms with Gasteiger partial charge in [-0.25, -0.2) is 0 Å². The van der Waals surface area contributed by atoms with E-state index in [4.69, 9.17) is 4.74 Å². The number of rotatable bonds is 2. The van der Waals surface area contributed by atoms with E-state index in [9.17, 15) is 13.2 Å². The topological polar surface area (TPSA) is 56.1 Å². The smallest absolute Gasteiger partial charge is 0.381 e. The van der Waals surface area contributed by atoms with E-state index in [1.165, 1.54) is 0 Å². The van der Waals surface area contributed by atoms with Gasteiger partial charge in [-0.3, -0.25) is 0 Å². The van der Waals surface area contributed by atoms with Gasteiger partial charge in [0.15, 0.2) is 0 Å². The Morgan fingerprint density at radius 3 is 2.54 bits per heavy atom. The summed E-state index contributed by atoms with van der Waals surface area (Å²) in [7, 11) is 0. The van der Waals surface area contributed by atoms with Crippen molar-refractivity contribution in [2.75, 3.05) is 31.2 Å². The van der Waals surface area contributed by atoms with Crippen molar-refractivity contribution in [1.82, 2.24) is 20.2 Å². The summed E-state index contributed by atoms with van der Waals surface area (Å²) >= 11 is 0. The predicted molar refractivity (Wildman–Crippen MR) is 88.0 cm³/mol. The molecule has 9 heteroatoms. The SMILES string of the molecule is FC(F)(F)C1CCN(c2nnnn2-c2ccccc2)CC12CCOCC2. The molecule has 3 heterocycles. The fourth-order valence-electron chi connectivity index (χ4n) is 4.24. The van der Waals surface area contributed by atoms with Gasteiger partial charge in [-0.05, 0) is 41.8 Å². The molecular weight excluding hydrogens is 347 g/mol. The molecule has 0 N–H and O–H groups in total. The first kappa shape index (κ1) is 17.3. The van der Waals surface area contributed by atoms with Crippen LogP contribution in [0.5, 0.6) is 0 Å². The Hall–Kier alpha value is -2.16. The highest BCUT2D eigenvalue weighted by Crippen LogP contribution is 2.51. The minimum Gasteiger partial charge on any atom is -0.381 e. The van der Waals surface area contributed by atoms with Crippen molar-refractivity contribution in [3.8, 4) is 5.69 Å². The highest BCUT2D eigenvalue weighted by Gasteiger charge is 2.56. The number of benzene rings is 1. The third kappa shape index (κ3) is 3.04. The van der Waals surface area contributed by atoms with E-state index < -0.39 is 17.5 Å². The quantitative estimate of drug-likeness (QED) is 0.817. The lowest BCUT2D eigenvalue weighted by atomic mass is 9.66. The molecular formula is C17H20F3N5O. The van der Waals surface area contributed by atoms with Gasteiger partial charge in [0.05, 0.1) is 11.6 Å². The van der Waals surface area contributed by atoms with Crippen LogP contribution in [0.3, 0.4) is 0 Å². The predicted octanol–water partition coefficient (Wildman–Crippen LogP) is 2.85. The second kappa shape index (κ2) is 6.53. The van der Waals surface area contributed by atoms with E-state index in [0.29, 0.717) is 32.0 Å². The van der Waals surface area contributed by atoms with Crippen LogP contribution < -0.4 is 4.90 Å². The lowest BCUT2D eigenvalue weighted by Gasteiger charge is -2.50. The summed E-state index contributed by atoms with van der Waals surface area (Å²) in [4.78, 5) is 1.89. The molecule has 1 spiro atoms. The molecule has 6 nitrogen and oxygen atoms in total. The monoisotopic (exact) mass is 367 g/mol. The second-order valence-corrected chi connectivity index (χ2v) is 7.01. The van der Waals surface area contributed by atoms with E-state index >= 15 is 0 Å². The molecule has 1 unspecified atom stereocenters. The lowest BCUT2D eigenvalue weighted by Crippen LogP contribution is -2.56. The fourth-order valence-corrected chi connectivity index (χ4v) is 4.24. The molecule has 4 rings (SSSR count). The van der Waals surface area contributed by atoms with Gasteiger partial charge in [-0.15, -0.1) is 0 Å². The van der Waals surface area contributed by atoms with E-state index in [0.717, 1.165) is 5.69 Å². The summed E-state index contributed by atoms with van der Waals surface area (Å²) < 4.78 is 48.0. The summed E-state index contributed by atoms with van der Waals surface area (Å²) in [6.45, 7) is 1.29. The molecule has 2 aliphatic rings. The third-order valence-electron chi connectivity index (χ3n) is 5.55. The number of nitrogens with zero attached hydrogens (tertiary/aromatic N) is 5. The van der Waals surface area contributed by atoms with Gasteiger partial charge in [-0.1, -0.05) is 23.3 Å². The molecule has 2 aliphatic heterocycles. The zero-order valence-electron chi connectivity index (χ0n) is 14.2. The highest BCUT2D eigenvalue weighted by molar-refractivity contribution is 5.41. The lowest BCUT2D eigenvalue weighted by molar-refractivity contribution is -0.223. The molecule has 2 aromatic rings. The Labute approximate surface area is 148 Å². The minimum absolute atomic E-state index is 0.0468. The molecule has 0 aliphatic carbocycles. The van der Waals surface area contributed by atoms with E-state index in [1.54, 1.807) is 4.68 Å². The van der Waals surface area contributed by atoms with E-state index in [2.05, 4.69) is 15.5 Å². The van der Waals surface area contributed by atoms with Gasteiger partial charge in [0.1, 0.15) is 0 Å². The minimum atomic E-state index is -4.20. The number of piperidine rings is 1. The first-order valence-electron chi connectivity index (χ1n) is 8.73. The van der Waals surface area contributed by atoms with Crippen LogP contribution in [0.15, 0.2) is 30.3 Å². The summed E-state index contributed by atoms with van der Waals surface area (Å²) in [6.07, 6.45) is -3.35. The van der Waals surface area contributed by atoms with Gasteiger partial charge in [-0.2, -0.15) is 17.9 Å². The number of halogens is 3. The number of ether oxygens (including phenoxy) is 1. The molecule has 0 saturated carbocycles. The number of tetrazole rings is 1. The zero-order chi connectivity index (χ0) is 18.2. The Balaban J connectivity index is 1.65. The molecule has 0 bridgehead atoms. The maximum atomic E-state index is 13.7. The molecule has 1 aromatic carbocycles. The van der Waals surface area contributed by atoms with Crippen LogP contribution in [0, 0.1) is 11.3 Å². The molecule has 2 saturated heterocycles. The van der Waals surface area contributed by atoms with Crippen LogP contribution >= 0.6 is 0 Å². The van der Waals surface area contributed by atoms with Gasteiger partial charge in [0.2, 0.25) is 5.95 Å². The maximum Gasteiger partial charge on any atom is 0.392 e. The molecule has 0 radical (unpaired) electrons. The third-order valence-corrected chi connectivity index (χ3v) is 5.55. The summed E-state index contributed by atoms with van der Waals surface area (Å²) in [5.41, 5.74) is -0.0613. The number of alkyl halides is 3. The maximum absolute atomic E-state index is 13.7. The van der Waals surface area contributed by atoms with Crippen LogP contribution in [0.25, 0.3) is 5.69 Å². The number of aromatic nitrogens is 4. The van der Waals surface area contributed by atoms with Gasteiger partial charge < -0.3 is 9.64 Å². The Morgan fingerprint density at radius 1 is 1.12 bits per heavy atom. The summed E-state index contributed by atoms with van der Waals surface area (Å²) in [6, 6.07) is 9.37. The molecule has 2 fully saturated rings. The average Bonchev–Trinajstić information content (AvgIpc) is 3.12. The van der Waals surface area contributed by atoms with Crippen LogP contribution in [0.2, 0.25) is 0 Å². The largest absolute Gasteiger partial charge is 0.392 e. The van der Waals surface area contributed by atoms with Gasteiger partial charge in [0.25, 0.3) is 0 Å². The van der Waals surface area contributed by atoms with Crippen molar-refractivity contribution >= 4 is 5.95 Å². The van der Waals surface area contributed by atoms with Crippen molar-refractivity contribution in [3.63, 3.8) is 0 Å². The van der Waals surface area contributed by atoms with Crippen molar-refractivity contribution in [2.45, 2.75) is 25.4 Å². The van der Waals surface area contributed by atoms with Crippen LogP contribution in [0.1, 0.15) is 19.3 Å². The number of anilines is 1. The average molecular weight is 367 g/mol. The van der Waals surface area contributed by atoms with Gasteiger partial charge in [0, 0.05) is 31.7 Å². The summed E-state index contributed by atoms with van der Waals surface area (Å²) in [5.74, 6) is -0.820. The molecule has 140 valence electrons. The number of hydrogen-bond donors (Lipinski definition) is 0. The van der Waals surface area contributed by atoms with Crippen LogP contribution in [-0.4, -0.2) is 52.7 Å². The van der Waals surface area contributed by atoms with Crippen molar-refractivity contribution in [1.29, 1.82) is 0 Å². The van der Waals surface area contributed by atoms with E-state index in [-0.39, 0.29) is 19.5 Å².